The number of halogens is 1. The molecule has 9 nitrogen and oxygen atoms in total. The second kappa shape index (κ2) is 6.95. The van der Waals surface area contributed by atoms with Gasteiger partial charge in [-0.25, -0.2) is 14.4 Å². The molecular weight excluding hydrogens is 369 g/mol. The molecule has 2 aliphatic heterocycles. The number of rotatable bonds is 4. The van der Waals surface area contributed by atoms with Crippen molar-refractivity contribution in [3.8, 4) is 5.75 Å². The molecule has 1 fully saturated rings. The molecule has 3 N–H and O–H groups in total. The number of ether oxygens (including phenoxy) is 1. The zero-order chi connectivity index (χ0) is 19.7. The number of benzene rings is 1. The molecular formula is C18H18FN5O4. The number of nitrogens with zero attached hydrogens (tertiary/aromatic N) is 3. The topological polar surface area (TPSA) is 123 Å². The molecule has 4 rings (SSSR count). The fourth-order valence-corrected chi connectivity index (χ4v) is 3.30. The van der Waals surface area contributed by atoms with Gasteiger partial charge in [-0.2, -0.15) is 0 Å². The molecule has 1 spiro atoms. The first-order chi connectivity index (χ1) is 13.4. The van der Waals surface area contributed by atoms with Gasteiger partial charge in [-0.1, -0.05) is 6.07 Å². The third-order valence-corrected chi connectivity index (χ3v) is 4.81. The van der Waals surface area contributed by atoms with Gasteiger partial charge in [0.25, 0.3) is 11.8 Å². The summed E-state index contributed by atoms with van der Waals surface area (Å²) in [5.41, 5.74) is 4.85. The third kappa shape index (κ3) is 3.40. The number of amides is 2. The van der Waals surface area contributed by atoms with Crippen molar-refractivity contribution in [2.45, 2.75) is 25.0 Å². The highest BCUT2D eigenvalue weighted by atomic mass is 19.1. The smallest absolute Gasteiger partial charge is 0.275 e. The molecule has 1 aromatic heterocycles. The fraction of sp³-hybridized carbons (Fsp3) is 0.333. The van der Waals surface area contributed by atoms with E-state index in [1.807, 2.05) is 0 Å². The van der Waals surface area contributed by atoms with E-state index in [1.165, 1.54) is 24.5 Å². The van der Waals surface area contributed by atoms with Gasteiger partial charge in [0.2, 0.25) is 5.89 Å². The van der Waals surface area contributed by atoms with Crippen LogP contribution in [0.3, 0.4) is 0 Å². The van der Waals surface area contributed by atoms with Crippen LogP contribution in [0, 0.1) is 5.82 Å². The Morgan fingerprint density at radius 2 is 2.18 bits per heavy atom. The molecule has 0 aliphatic carbocycles. The number of aliphatic imine (C=N–C) groups is 1. The van der Waals surface area contributed by atoms with Crippen molar-refractivity contribution < 1.29 is 23.1 Å². The summed E-state index contributed by atoms with van der Waals surface area (Å²) >= 11 is 0. The van der Waals surface area contributed by atoms with Crippen LogP contribution in [0.25, 0.3) is 0 Å². The van der Waals surface area contributed by atoms with Crippen LogP contribution in [0.5, 0.6) is 5.75 Å². The van der Waals surface area contributed by atoms with Gasteiger partial charge in [0, 0.05) is 19.2 Å². The van der Waals surface area contributed by atoms with Crippen LogP contribution < -0.4 is 15.8 Å². The minimum absolute atomic E-state index is 0.0337. The number of nitrogens with two attached hydrogens (primary N) is 1. The maximum atomic E-state index is 13.2. The van der Waals surface area contributed by atoms with E-state index in [-0.39, 0.29) is 36.0 Å². The lowest BCUT2D eigenvalue weighted by Gasteiger charge is -2.34. The molecule has 10 heteroatoms. The molecule has 0 atom stereocenters. The Morgan fingerprint density at radius 1 is 1.39 bits per heavy atom. The lowest BCUT2D eigenvalue weighted by molar-refractivity contribution is -0.125. The average Bonchev–Trinajstić information content (AvgIpc) is 3.25. The quantitative estimate of drug-likeness (QED) is 0.800. The highest BCUT2D eigenvalue weighted by Gasteiger charge is 2.46. The van der Waals surface area contributed by atoms with Crippen LogP contribution >= 0.6 is 0 Å². The summed E-state index contributed by atoms with van der Waals surface area (Å²) in [5, 5.41) is 2.51. The summed E-state index contributed by atoms with van der Waals surface area (Å²) in [7, 11) is 0. The Bertz CT molecular complexity index is 949. The molecule has 0 bridgehead atoms. The van der Waals surface area contributed by atoms with Crippen molar-refractivity contribution in [2.75, 3.05) is 13.1 Å². The number of hydrogen-bond donors (Lipinski definition) is 2. The van der Waals surface area contributed by atoms with Crippen LogP contribution in [0.4, 0.5) is 4.39 Å². The summed E-state index contributed by atoms with van der Waals surface area (Å²) in [4.78, 5) is 34.6. The largest absolute Gasteiger partial charge is 0.484 e. The van der Waals surface area contributed by atoms with Gasteiger partial charge in [-0.15, -0.1) is 0 Å². The maximum Gasteiger partial charge on any atom is 0.275 e. The molecule has 28 heavy (non-hydrogen) atoms. The van der Waals surface area contributed by atoms with Crippen LogP contribution in [-0.2, 0) is 11.4 Å². The van der Waals surface area contributed by atoms with E-state index in [4.69, 9.17) is 14.9 Å². The summed E-state index contributed by atoms with van der Waals surface area (Å²) in [5.74, 6) is -0.285. The molecule has 0 unspecified atom stereocenters. The van der Waals surface area contributed by atoms with Gasteiger partial charge in [0.1, 0.15) is 23.4 Å². The van der Waals surface area contributed by atoms with E-state index in [1.54, 1.807) is 11.0 Å². The van der Waals surface area contributed by atoms with Gasteiger partial charge < -0.3 is 19.8 Å². The summed E-state index contributed by atoms with van der Waals surface area (Å²) in [6, 6.07) is 5.69. The molecule has 2 aliphatic rings. The van der Waals surface area contributed by atoms with E-state index in [2.05, 4.69) is 15.3 Å². The lowest BCUT2D eigenvalue weighted by Crippen LogP contribution is -2.50. The SMILES string of the molecule is NC1=NC2(CCN(C(=O)c3coc(COc4cccc(F)c4)n3)CC2)C(=O)N1. The van der Waals surface area contributed by atoms with E-state index in [0.717, 1.165) is 0 Å². The highest BCUT2D eigenvalue weighted by molar-refractivity contribution is 6.07. The zero-order valence-electron chi connectivity index (χ0n) is 14.9. The Morgan fingerprint density at radius 3 is 2.86 bits per heavy atom. The standard InChI is InChI=1S/C18H18FN5O4/c19-11-2-1-3-12(8-11)27-10-14-21-13(9-28-14)15(25)24-6-4-18(5-7-24)16(26)22-17(20)23-18/h1-3,8-9H,4-7,10H2,(H3,20,22,23,26). The molecule has 3 heterocycles. The first-order valence-corrected chi connectivity index (χ1v) is 8.74. The number of guanidine groups is 1. The number of carbonyl (C=O) groups excluding carboxylic acids is 2. The molecule has 0 saturated carbocycles. The van der Waals surface area contributed by atoms with Gasteiger partial charge in [-0.3, -0.25) is 14.9 Å². The molecule has 2 aromatic rings. The number of likely N-dealkylation sites (tertiary alicyclic amines) is 1. The second-order valence-corrected chi connectivity index (χ2v) is 6.65. The highest BCUT2D eigenvalue weighted by Crippen LogP contribution is 2.30. The molecule has 0 radical (unpaired) electrons. The number of carbonyl (C=O) groups is 2. The Balaban J connectivity index is 1.35. The van der Waals surface area contributed by atoms with Crippen molar-refractivity contribution in [2.24, 2.45) is 10.7 Å². The van der Waals surface area contributed by atoms with Gasteiger partial charge in [0.15, 0.2) is 18.3 Å². The van der Waals surface area contributed by atoms with E-state index in [0.29, 0.717) is 31.7 Å². The van der Waals surface area contributed by atoms with Gasteiger partial charge >= 0.3 is 0 Å². The number of hydrogen-bond acceptors (Lipinski definition) is 7. The Labute approximate surface area is 159 Å². The van der Waals surface area contributed by atoms with Gasteiger partial charge in [-0.05, 0) is 25.0 Å². The summed E-state index contributed by atoms with van der Waals surface area (Å²) in [6.45, 7) is 0.671. The van der Waals surface area contributed by atoms with Crippen LogP contribution in [0.1, 0.15) is 29.2 Å². The Hall–Kier alpha value is -3.43. The zero-order valence-corrected chi connectivity index (χ0v) is 14.9. The fourth-order valence-electron chi connectivity index (χ4n) is 3.30. The number of oxazole rings is 1. The van der Waals surface area contributed by atoms with Gasteiger partial charge in [0.05, 0.1) is 0 Å². The Kier molecular flexibility index (Phi) is 4.46. The predicted molar refractivity (Wildman–Crippen MR) is 94.9 cm³/mol. The van der Waals surface area contributed by atoms with Crippen LogP contribution in [0.2, 0.25) is 0 Å². The van der Waals surface area contributed by atoms with E-state index >= 15 is 0 Å². The second-order valence-electron chi connectivity index (χ2n) is 6.65. The molecule has 2 amide bonds. The van der Waals surface area contributed by atoms with Crippen molar-refractivity contribution in [1.29, 1.82) is 0 Å². The maximum absolute atomic E-state index is 13.2. The molecule has 1 saturated heterocycles. The van der Waals surface area contributed by atoms with E-state index in [9.17, 15) is 14.0 Å². The number of nitrogens with one attached hydrogen (secondary N) is 1. The molecule has 1 aromatic carbocycles. The lowest BCUT2D eigenvalue weighted by atomic mass is 9.88. The van der Waals surface area contributed by atoms with Crippen molar-refractivity contribution in [3.05, 3.63) is 47.9 Å². The predicted octanol–water partition coefficient (Wildman–Crippen LogP) is 0.812. The average molecular weight is 387 g/mol. The number of piperidine rings is 1. The molecule has 146 valence electrons. The third-order valence-electron chi connectivity index (χ3n) is 4.81. The van der Waals surface area contributed by atoms with Crippen molar-refractivity contribution >= 4 is 17.8 Å². The number of aromatic nitrogens is 1. The summed E-state index contributed by atoms with van der Waals surface area (Å²) in [6.07, 6.45) is 2.03. The van der Waals surface area contributed by atoms with E-state index < -0.39 is 11.4 Å². The van der Waals surface area contributed by atoms with Crippen molar-refractivity contribution in [3.63, 3.8) is 0 Å². The first kappa shape index (κ1) is 18.0. The normalized spacial score (nSPS) is 18.1. The monoisotopic (exact) mass is 387 g/mol. The minimum atomic E-state index is -0.880. The van der Waals surface area contributed by atoms with Crippen LogP contribution in [0.15, 0.2) is 39.9 Å². The first-order valence-electron chi connectivity index (χ1n) is 8.74. The van der Waals surface area contributed by atoms with Crippen molar-refractivity contribution in [1.82, 2.24) is 15.2 Å². The summed E-state index contributed by atoms with van der Waals surface area (Å²) < 4.78 is 23.8. The van der Waals surface area contributed by atoms with Crippen LogP contribution in [-0.4, -0.2) is 46.3 Å². The minimum Gasteiger partial charge on any atom is -0.484 e.